The van der Waals surface area contributed by atoms with Crippen LogP contribution in [-0.2, 0) is 10.0 Å². The molecule has 1 amide bonds. The first kappa shape index (κ1) is 19.8. The molecular weight excluding hydrogens is 352 g/mol. The summed E-state index contributed by atoms with van der Waals surface area (Å²) in [5.41, 5.74) is 2.50. The Labute approximate surface area is 153 Å². The number of carbonyl (C=O) groups is 2. The van der Waals surface area contributed by atoms with E-state index in [9.17, 15) is 18.0 Å². The fraction of sp³-hybridized carbons (Fsp3) is 0.263. The maximum Gasteiger partial charge on any atom is 0.255 e. The Balaban J connectivity index is 2.43. The third-order valence-electron chi connectivity index (χ3n) is 4.17. The van der Waals surface area contributed by atoms with Crippen LogP contribution in [0.1, 0.15) is 38.8 Å². The van der Waals surface area contributed by atoms with Gasteiger partial charge in [0.2, 0.25) is 10.0 Å². The molecule has 26 heavy (non-hydrogen) atoms. The fourth-order valence-corrected chi connectivity index (χ4v) is 3.66. The van der Waals surface area contributed by atoms with Gasteiger partial charge < -0.3 is 5.32 Å². The number of hydrogen-bond donors (Lipinski definition) is 1. The third-order valence-corrected chi connectivity index (χ3v) is 6.11. The Bertz CT molecular complexity index is 979. The van der Waals surface area contributed by atoms with Crippen molar-refractivity contribution < 1.29 is 18.0 Å². The number of amides is 1. The summed E-state index contributed by atoms with van der Waals surface area (Å²) in [7, 11) is -0.771. The molecule has 2 aromatic rings. The summed E-state index contributed by atoms with van der Waals surface area (Å²) >= 11 is 0. The smallest absolute Gasteiger partial charge is 0.255 e. The molecule has 0 aliphatic carbocycles. The zero-order valence-corrected chi connectivity index (χ0v) is 16.3. The normalized spacial score (nSPS) is 11.5. The Hall–Kier alpha value is -2.51. The number of nitrogens with zero attached hydrogens (tertiary/aromatic N) is 1. The van der Waals surface area contributed by atoms with E-state index in [1.807, 2.05) is 0 Å². The molecule has 0 saturated carbocycles. The van der Waals surface area contributed by atoms with Crippen LogP contribution in [0.4, 0.5) is 5.69 Å². The largest absolute Gasteiger partial charge is 0.322 e. The highest BCUT2D eigenvalue weighted by Gasteiger charge is 2.23. The van der Waals surface area contributed by atoms with Crippen molar-refractivity contribution in [2.75, 3.05) is 19.4 Å². The second-order valence-corrected chi connectivity index (χ2v) is 8.42. The van der Waals surface area contributed by atoms with Gasteiger partial charge in [-0.15, -0.1) is 0 Å². The SMILES string of the molecule is CC(=O)c1cccc(NC(=O)c2cc(C)c(C)c(S(=O)(=O)N(C)C)c2)c1. The number of aryl methyl sites for hydroxylation is 1. The summed E-state index contributed by atoms with van der Waals surface area (Å²) in [6.45, 7) is 4.92. The maximum atomic E-state index is 12.6. The molecule has 0 spiro atoms. The lowest BCUT2D eigenvalue weighted by Gasteiger charge is -2.16. The first-order valence-corrected chi connectivity index (χ1v) is 9.44. The van der Waals surface area contributed by atoms with Crippen molar-refractivity contribution in [1.29, 1.82) is 0 Å². The first-order valence-electron chi connectivity index (χ1n) is 8.00. The molecule has 0 bridgehead atoms. The number of nitrogens with one attached hydrogen (secondary N) is 1. The third kappa shape index (κ3) is 4.00. The minimum atomic E-state index is -3.67. The summed E-state index contributed by atoms with van der Waals surface area (Å²) in [5.74, 6) is -0.546. The van der Waals surface area contributed by atoms with Crippen molar-refractivity contribution in [3.8, 4) is 0 Å². The monoisotopic (exact) mass is 374 g/mol. The zero-order valence-electron chi connectivity index (χ0n) is 15.5. The van der Waals surface area contributed by atoms with Gasteiger partial charge in [-0.2, -0.15) is 0 Å². The molecular formula is C19H22N2O4S. The van der Waals surface area contributed by atoms with E-state index in [4.69, 9.17) is 0 Å². The van der Waals surface area contributed by atoms with Crippen molar-refractivity contribution >= 4 is 27.4 Å². The number of carbonyl (C=O) groups excluding carboxylic acids is 2. The van der Waals surface area contributed by atoms with E-state index in [-0.39, 0.29) is 16.2 Å². The van der Waals surface area contributed by atoms with Gasteiger partial charge in [-0.1, -0.05) is 12.1 Å². The van der Waals surface area contributed by atoms with E-state index in [0.29, 0.717) is 22.4 Å². The van der Waals surface area contributed by atoms with E-state index in [1.54, 1.807) is 44.2 Å². The van der Waals surface area contributed by atoms with Crippen LogP contribution in [-0.4, -0.2) is 38.5 Å². The second kappa shape index (κ2) is 7.39. The van der Waals surface area contributed by atoms with Gasteiger partial charge >= 0.3 is 0 Å². The van der Waals surface area contributed by atoms with Crippen LogP contribution in [0, 0.1) is 13.8 Å². The quantitative estimate of drug-likeness (QED) is 0.816. The highest BCUT2D eigenvalue weighted by molar-refractivity contribution is 7.89. The molecule has 0 atom stereocenters. The number of anilines is 1. The average Bonchev–Trinajstić information content (AvgIpc) is 2.56. The molecule has 6 nitrogen and oxygen atoms in total. The number of Topliss-reactive ketones (excluding diaryl/α,β-unsaturated/α-hetero) is 1. The summed E-state index contributed by atoms with van der Waals surface area (Å²) in [6, 6.07) is 9.61. The van der Waals surface area contributed by atoms with Crippen molar-refractivity contribution in [2.45, 2.75) is 25.7 Å². The lowest BCUT2D eigenvalue weighted by Crippen LogP contribution is -2.24. The van der Waals surface area contributed by atoms with E-state index < -0.39 is 15.9 Å². The number of rotatable bonds is 5. The molecule has 1 N–H and O–H groups in total. The summed E-state index contributed by atoms with van der Waals surface area (Å²) in [4.78, 5) is 24.2. The van der Waals surface area contributed by atoms with E-state index >= 15 is 0 Å². The van der Waals surface area contributed by atoms with Crippen LogP contribution in [0.2, 0.25) is 0 Å². The molecule has 0 saturated heterocycles. The van der Waals surface area contributed by atoms with Crippen molar-refractivity contribution in [3.63, 3.8) is 0 Å². The molecule has 0 aromatic heterocycles. The van der Waals surface area contributed by atoms with E-state index in [2.05, 4.69) is 5.32 Å². The maximum absolute atomic E-state index is 12.6. The number of sulfonamides is 1. The van der Waals surface area contributed by atoms with Crippen LogP contribution in [0.15, 0.2) is 41.3 Å². The molecule has 0 aliphatic rings. The van der Waals surface area contributed by atoms with Crippen molar-refractivity contribution in [2.24, 2.45) is 0 Å². The minimum absolute atomic E-state index is 0.102. The summed E-state index contributed by atoms with van der Waals surface area (Å²) in [6.07, 6.45) is 0. The van der Waals surface area contributed by atoms with E-state index in [1.165, 1.54) is 27.1 Å². The molecule has 0 radical (unpaired) electrons. The number of hydrogen-bond acceptors (Lipinski definition) is 4. The van der Waals surface area contributed by atoms with Gasteiger partial charge in [0.05, 0.1) is 4.90 Å². The minimum Gasteiger partial charge on any atom is -0.322 e. The molecule has 0 unspecified atom stereocenters. The van der Waals surface area contributed by atoms with Gasteiger partial charge in [0, 0.05) is 30.9 Å². The van der Waals surface area contributed by atoms with Crippen LogP contribution >= 0.6 is 0 Å². The molecule has 0 aliphatic heterocycles. The Morgan fingerprint density at radius 3 is 2.23 bits per heavy atom. The number of benzene rings is 2. The lowest BCUT2D eigenvalue weighted by atomic mass is 10.1. The zero-order chi connectivity index (χ0) is 19.6. The molecule has 138 valence electrons. The van der Waals surface area contributed by atoms with Crippen LogP contribution in [0.3, 0.4) is 0 Å². The standard InChI is InChI=1S/C19H22N2O4S/c1-12-9-16(11-18(13(12)2)26(24,25)21(4)5)19(23)20-17-8-6-7-15(10-17)14(3)22/h6-11H,1-5H3,(H,20,23). The van der Waals surface area contributed by atoms with Gasteiger partial charge in [0.15, 0.2) is 5.78 Å². The molecule has 0 fully saturated rings. The van der Waals surface area contributed by atoms with Crippen molar-refractivity contribution in [3.05, 3.63) is 58.7 Å². The Morgan fingerprint density at radius 2 is 1.65 bits per heavy atom. The summed E-state index contributed by atoms with van der Waals surface area (Å²) in [5, 5.41) is 2.71. The van der Waals surface area contributed by atoms with Gasteiger partial charge in [-0.3, -0.25) is 9.59 Å². The van der Waals surface area contributed by atoms with Crippen LogP contribution < -0.4 is 5.32 Å². The van der Waals surface area contributed by atoms with Crippen LogP contribution in [0.25, 0.3) is 0 Å². The van der Waals surface area contributed by atoms with Gasteiger partial charge in [-0.25, -0.2) is 12.7 Å². The Morgan fingerprint density at radius 1 is 1.00 bits per heavy atom. The van der Waals surface area contributed by atoms with Gasteiger partial charge in [-0.05, 0) is 56.2 Å². The second-order valence-electron chi connectivity index (χ2n) is 6.29. The molecule has 0 heterocycles. The van der Waals surface area contributed by atoms with E-state index in [0.717, 1.165) is 4.31 Å². The molecule has 2 aromatic carbocycles. The van der Waals surface area contributed by atoms with Crippen LogP contribution in [0.5, 0.6) is 0 Å². The summed E-state index contributed by atoms with van der Waals surface area (Å²) < 4.78 is 26.1. The van der Waals surface area contributed by atoms with Gasteiger partial charge in [0.25, 0.3) is 5.91 Å². The lowest BCUT2D eigenvalue weighted by molar-refractivity contribution is 0.101. The highest BCUT2D eigenvalue weighted by Crippen LogP contribution is 2.24. The Kier molecular flexibility index (Phi) is 5.63. The van der Waals surface area contributed by atoms with Crippen molar-refractivity contribution in [1.82, 2.24) is 4.31 Å². The average molecular weight is 374 g/mol. The topological polar surface area (TPSA) is 83.5 Å². The fourth-order valence-electron chi connectivity index (χ4n) is 2.44. The number of ketones is 1. The van der Waals surface area contributed by atoms with Gasteiger partial charge in [0.1, 0.15) is 0 Å². The first-order chi connectivity index (χ1) is 12.0. The highest BCUT2D eigenvalue weighted by atomic mass is 32.2. The molecule has 7 heteroatoms. The molecule has 2 rings (SSSR count). The predicted molar refractivity (Wildman–Crippen MR) is 101 cm³/mol. The predicted octanol–water partition coefficient (Wildman–Crippen LogP) is 3.01.